The van der Waals surface area contributed by atoms with Crippen molar-refractivity contribution in [3.8, 4) is 11.3 Å². The zero-order valence-corrected chi connectivity index (χ0v) is 13.1. The van der Waals surface area contributed by atoms with Gasteiger partial charge in [0.25, 0.3) is 5.56 Å². The number of nitrogens with zero attached hydrogens (tertiary/aromatic N) is 4. The molecule has 2 aromatic heterocycles. The lowest BCUT2D eigenvalue weighted by atomic mass is 10.2. The summed E-state index contributed by atoms with van der Waals surface area (Å²) in [6.45, 7) is 3.70. The molecule has 1 fully saturated rings. The van der Waals surface area contributed by atoms with Crippen LogP contribution in [0.15, 0.2) is 29.3 Å². The number of H-pyrrole nitrogens is 1. The first kappa shape index (κ1) is 16.4. The number of rotatable bonds is 5. The van der Waals surface area contributed by atoms with Crippen LogP contribution >= 0.6 is 0 Å². The van der Waals surface area contributed by atoms with Crippen LogP contribution < -0.4 is 15.9 Å². The first-order chi connectivity index (χ1) is 11.7. The third-order valence-electron chi connectivity index (χ3n) is 4.03. The second kappa shape index (κ2) is 7.39. The Balaban J connectivity index is 1.83. The summed E-state index contributed by atoms with van der Waals surface area (Å²) in [4.78, 5) is 27.4. The van der Waals surface area contributed by atoms with Crippen molar-refractivity contribution in [2.24, 2.45) is 0 Å². The molecule has 0 bridgehead atoms. The fourth-order valence-electron chi connectivity index (χ4n) is 2.73. The van der Waals surface area contributed by atoms with Crippen molar-refractivity contribution in [1.82, 2.24) is 19.9 Å². The second-order valence-electron chi connectivity index (χ2n) is 5.53. The monoisotopic (exact) mass is 332 g/mol. The number of aliphatic hydroxyl groups excluding tert-OH is 1. The van der Waals surface area contributed by atoms with E-state index in [1.54, 1.807) is 24.5 Å². The molecule has 3 heterocycles. The maximum Gasteiger partial charge on any atom is 0.290 e. The lowest BCUT2D eigenvalue weighted by molar-refractivity contribution is 0.188. The van der Waals surface area contributed by atoms with E-state index < -0.39 is 0 Å². The second-order valence-corrected chi connectivity index (χ2v) is 5.53. The van der Waals surface area contributed by atoms with Crippen LogP contribution in [0.5, 0.6) is 0 Å². The van der Waals surface area contributed by atoms with Crippen molar-refractivity contribution in [3.63, 3.8) is 0 Å². The van der Waals surface area contributed by atoms with Crippen molar-refractivity contribution in [1.29, 1.82) is 0 Å². The maximum atomic E-state index is 12.2. The number of aliphatic hydroxyl groups is 1. The minimum Gasteiger partial charge on any atom is -0.395 e. The molecule has 1 aliphatic heterocycles. The van der Waals surface area contributed by atoms with Gasteiger partial charge >= 0.3 is 0 Å². The first-order valence-electron chi connectivity index (χ1n) is 7.75. The first-order valence-corrected chi connectivity index (χ1v) is 7.75. The minimum absolute atomic E-state index is 0.136. The number of β-amino-alcohol motifs (C(OH)–C–C–N with tert-alkyl or cyclic N) is 1. The van der Waals surface area contributed by atoms with Crippen molar-refractivity contribution >= 4 is 11.6 Å². The smallest absolute Gasteiger partial charge is 0.290 e. The molecule has 0 radical (unpaired) electrons. The van der Waals surface area contributed by atoms with E-state index >= 15 is 0 Å². The number of aromatic nitrogens is 3. The van der Waals surface area contributed by atoms with E-state index in [0.717, 1.165) is 18.7 Å². The molecule has 3 rings (SSSR count). The number of hydrogen-bond donors (Lipinski definition) is 4. The molecule has 0 saturated carbocycles. The van der Waals surface area contributed by atoms with Gasteiger partial charge in [-0.15, -0.1) is 0 Å². The predicted molar refractivity (Wildman–Crippen MR) is 89.2 cm³/mol. The summed E-state index contributed by atoms with van der Waals surface area (Å²) in [5.41, 5.74) is 3.10. The van der Waals surface area contributed by atoms with Crippen LogP contribution in [0.4, 0.5) is 11.6 Å². The van der Waals surface area contributed by atoms with E-state index in [9.17, 15) is 4.79 Å². The molecule has 128 valence electrons. The van der Waals surface area contributed by atoms with Crippen molar-refractivity contribution in [3.05, 3.63) is 34.9 Å². The molecule has 2 aromatic rings. The fraction of sp³-hybridized carbons (Fsp3) is 0.400. The third kappa shape index (κ3) is 3.53. The minimum atomic E-state index is -0.232. The number of nitrogens with one attached hydrogen (secondary N) is 2. The lowest BCUT2D eigenvalue weighted by Crippen LogP contribution is -2.48. The standard InChI is InChI=1S/C15H20N6O3/c22-8-7-20-3-5-21(6-4-20)14-15(23)17-10-12(18-14)11-1-2-16-13(9-11)19-24/h1-2,9-10,22,24H,3-8H2,(H,16,19)(H,17,23). The van der Waals surface area contributed by atoms with Crippen LogP contribution in [-0.2, 0) is 0 Å². The maximum absolute atomic E-state index is 12.2. The molecule has 0 spiro atoms. The van der Waals surface area contributed by atoms with Crippen LogP contribution in [0, 0.1) is 0 Å². The highest BCUT2D eigenvalue weighted by Crippen LogP contribution is 2.20. The van der Waals surface area contributed by atoms with E-state index in [0.29, 0.717) is 37.0 Å². The van der Waals surface area contributed by atoms with Crippen LogP contribution in [0.3, 0.4) is 0 Å². The number of anilines is 2. The number of piperazine rings is 1. The Kier molecular flexibility index (Phi) is 5.04. The number of pyridine rings is 1. The van der Waals surface area contributed by atoms with Gasteiger partial charge in [-0.1, -0.05) is 0 Å². The summed E-state index contributed by atoms with van der Waals surface area (Å²) in [5, 5.41) is 18.0. The van der Waals surface area contributed by atoms with Gasteiger partial charge in [0.2, 0.25) is 0 Å². The van der Waals surface area contributed by atoms with Crippen LogP contribution in [0.2, 0.25) is 0 Å². The van der Waals surface area contributed by atoms with E-state index in [4.69, 9.17) is 10.3 Å². The molecule has 0 atom stereocenters. The van der Waals surface area contributed by atoms with E-state index in [2.05, 4.69) is 19.9 Å². The quantitative estimate of drug-likeness (QED) is 0.554. The Hall–Kier alpha value is -2.49. The Morgan fingerprint density at radius 3 is 2.79 bits per heavy atom. The van der Waals surface area contributed by atoms with Gasteiger partial charge in [-0.2, -0.15) is 0 Å². The van der Waals surface area contributed by atoms with Gasteiger partial charge in [-0.05, 0) is 12.1 Å². The van der Waals surface area contributed by atoms with Crippen molar-refractivity contribution < 1.29 is 10.3 Å². The summed E-state index contributed by atoms with van der Waals surface area (Å²) in [6.07, 6.45) is 3.10. The summed E-state index contributed by atoms with van der Waals surface area (Å²) < 4.78 is 0. The van der Waals surface area contributed by atoms with Crippen molar-refractivity contribution in [2.75, 3.05) is 49.7 Å². The molecular weight excluding hydrogens is 312 g/mol. The molecule has 9 nitrogen and oxygen atoms in total. The highest BCUT2D eigenvalue weighted by molar-refractivity contribution is 5.63. The fourth-order valence-corrected chi connectivity index (χ4v) is 2.73. The summed E-state index contributed by atoms with van der Waals surface area (Å²) in [5.74, 6) is 0.686. The molecule has 4 N–H and O–H groups in total. The summed E-state index contributed by atoms with van der Waals surface area (Å²) in [7, 11) is 0. The lowest BCUT2D eigenvalue weighted by Gasteiger charge is -2.34. The van der Waals surface area contributed by atoms with E-state index in [-0.39, 0.29) is 12.2 Å². The molecule has 0 unspecified atom stereocenters. The van der Waals surface area contributed by atoms with Gasteiger partial charge in [-0.3, -0.25) is 20.4 Å². The van der Waals surface area contributed by atoms with Crippen LogP contribution in [0.25, 0.3) is 11.3 Å². The van der Waals surface area contributed by atoms with Gasteiger partial charge < -0.3 is 15.0 Å². The predicted octanol–water partition coefficient (Wildman–Crippen LogP) is -0.253. The number of hydrogen-bond acceptors (Lipinski definition) is 8. The topological polar surface area (TPSA) is 118 Å². The Bertz CT molecular complexity index is 742. The molecule has 0 aliphatic carbocycles. The van der Waals surface area contributed by atoms with Gasteiger partial charge in [0, 0.05) is 50.7 Å². The average Bonchev–Trinajstić information content (AvgIpc) is 2.63. The molecule has 1 aliphatic rings. The van der Waals surface area contributed by atoms with Crippen LogP contribution in [-0.4, -0.2) is 69.5 Å². The SMILES string of the molecule is O=c1[nH]cc(-c2ccnc(NO)c2)nc1N1CCN(CCO)CC1. The zero-order chi connectivity index (χ0) is 16.9. The van der Waals surface area contributed by atoms with Crippen LogP contribution in [0.1, 0.15) is 0 Å². The Labute approximate surface area is 138 Å². The summed E-state index contributed by atoms with van der Waals surface area (Å²) >= 11 is 0. The average molecular weight is 332 g/mol. The molecule has 0 aromatic carbocycles. The highest BCUT2D eigenvalue weighted by atomic mass is 16.5. The molecular formula is C15H20N6O3. The summed E-state index contributed by atoms with van der Waals surface area (Å²) in [6, 6.07) is 3.40. The van der Waals surface area contributed by atoms with Gasteiger partial charge in [0.15, 0.2) is 5.82 Å². The third-order valence-corrected chi connectivity index (χ3v) is 4.03. The van der Waals surface area contributed by atoms with E-state index in [1.165, 1.54) is 0 Å². The van der Waals surface area contributed by atoms with Crippen molar-refractivity contribution in [2.45, 2.75) is 0 Å². The highest BCUT2D eigenvalue weighted by Gasteiger charge is 2.20. The van der Waals surface area contributed by atoms with Gasteiger partial charge in [-0.25, -0.2) is 9.97 Å². The Morgan fingerprint density at radius 1 is 1.29 bits per heavy atom. The van der Waals surface area contributed by atoms with Gasteiger partial charge in [0.1, 0.15) is 5.82 Å². The molecule has 9 heteroatoms. The largest absolute Gasteiger partial charge is 0.395 e. The molecule has 1 saturated heterocycles. The molecule has 24 heavy (non-hydrogen) atoms. The molecule has 0 amide bonds. The zero-order valence-electron chi connectivity index (χ0n) is 13.1. The van der Waals surface area contributed by atoms with E-state index in [1.807, 2.05) is 10.4 Å². The number of aromatic amines is 1. The normalized spacial score (nSPS) is 15.5. The Morgan fingerprint density at radius 2 is 2.08 bits per heavy atom. The van der Waals surface area contributed by atoms with Gasteiger partial charge in [0.05, 0.1) is 12.3 Å².